The Hall–Kier alpha value is 1.53. The molecule has 0 bridgehead atoms. The standard InChI is InChI=1S/C8H17.HI.Sn/c1-4-6-7-8(3)5-2;;/h8H,3-7H2,1-2H3;1H;. The van der Waals surface area contributed by atoms with Crippen molar-refractivity contribution >= 4 is 46.5 Å². The summed E-state index contributed by atoms with van der Waals surface area (Å²) in [5.41, 5.74) is 0. The van der Waals surface area contributed by atoms with Gasteiger partial charge in [-0.1, -0.05) is 0 Å². The molecule has 0 rings (SSSR count). The predicted octanol–water partition coefficient (Wildman–Crippen LogP) is 3.41. The van der Waals surface area contributed by atoms with Crippen LogP contribution in [-0.2, 0) is 0 Å². The smallest absolute Gasteiger partial charge is 0.107 e. The van der Waals surface area contributed by atoms with E-state index in [9.17, 15) is 0 Å². The fourth-order valence-corrected chi connectivity index (χ4v) is 2.35. The molecule has 0 spiro atoms. The van der Waals surface area contributed by atoms with Crippen LogP contribution in [-0.4, -0.2) is 22.5 Å². The Morgan fingerprint density at radius 2 is 1.90 bits per heavy atom. The summed E-state index contributed by atoms with van der Waals surface area (Å²) >= 11 is 1.71. The minimum atomic E-state index is 0. The van der Waals surface area contributed by atoms with Gasteiger partial charge in [-0.15, -0.1) is 24.0 Å². The van der Waals surface area contributed by atoms with Gasteiger partial charge in [0, 0.05) is 0 Å². The van der Waals surface area contributed by atoms with Gasteiger partial charge in [-0.05, 0) is 0 Å². The van der Waals surface area contributed by atoms with Crippen molar-refractivity contribution in [2.75, 3.05) is 0 Å². The maximum Gasteiger partial charge on any atom is -0.107 e. The Labute approximate surface area is 95.6 Å². The molecular formula is C8H18ISn. The first-order valence-corrected chi connectivity index (χ1v) is 6.01. The number of unbranched alkanes of at least 4 members (excludes halogenated alkanes) is 1. The van der Waals surface area contributed by atoms with Crippen molar-refractivity contribution in [3.05, 3.63) is 0 Å². The van der Waals surface area contributed by atoms with E-state index in [0.29, 0.717) is 0 Å². The minimum absolute atomic E-state index is 0. The molecule has 0 heterocycles. The second kappa shape index (κ2) is 10.5. The van der Waals surface area contributed by atoms with Gasteiger partial charge in [-0.3, -0.25) is 0 Å². The summed E-state index contributed by atoms with van der Waals surface area (Å²) in [5, 5.41) is 0. The van der Waals surface area contributed by atoms with Crippen LogP contribution < -0.4 is 0 Å². The van der Waals surface area contributed by atoms with E-state index in [2.05, 4.69) is 13.8 Å². The molecule has 0 aliphatic rings. The second-order valence-corrected chi connectivity index (χ2v) is 3.79. The van der Waals surface area contributed by atoms with Crippen molar-refractivity contribution in [2.24, 2.45) is 5.92 Å². The van der Waals surface area contributed by atoms with E-state index in [1.807, 2.05) is 0 Å². The van der Waals surface area contributed by atoms with Gasteiger partial charge in [0.15, 0.2) is 0 Å². The molecule has 0 saturated carbocycles. The monoisotopic (exact) mass is 361 g/mol. The molecular weight excluding hydrogens is 342 g/mol. The van der Waals surface area contributed by atoms with E-state index >= 15 is 0 Å². The van der Waals surface area contributed by atoms with Crippen molar-refractivity contribution < 1.29 is 0 Å². The molecule has 0 aromatic rings. The molecule has 0 N–H and O–H groups in total. The Kier molecular flexibility index (Phi) is 14.8. The van der Waals surface area contributed by atoms with Crippen LogP contribution in [0.5, 0.6) is 0 Å². The van der Waals surface area contributed by atoms with E-state index in [1.54, 1.807) is 22.5 Å². The zero-order valence-electron chi connectivity index (χ0n) is 7.02. The van der Waals surface area contributed by atoms with E-state index in [1.165, 1.54) is 30.1 Å². The normalized spacial score (nSPS) is 12.3. The molecule has 0 aromatic heterocycles. The molecule has 0 amide bonds. The summed E-state index contributed by atoms with van der Waals surface area (Å²) in [7, 11) is 0. The first kappa shape index (κ1) is 14.1. The molecule has 3 radical (unpaired) electrons. The molecule has 10 heavy (non-hydrogen) atoms. The fourth-order valence-electron chi connectivity index (χ4n) is 0.943. The molecule has 0 aliphatic heterocycles. The molecule has 2 heteroatoms. The Morgan fingerprint density at radius 3 is 2.20 bits per heavy atom. The molecule has 0 fully saturated rings. The van der Waals surface area contributed by atoms with Crippen LogP contribution in [0.25, 0.3) is 0 Å². The second-order valence-electron chi connectivity index (χ2n) is 2.62. The zero-order valence-corrected chi connectivity index (χ0v) is 12.2. The molecule has 61 valence electrons. The molecule has 0 aliphatic carbocycles. The van der Waals surface area contributed by atoms with Crippen molar-refractivity contribution in [1.29, 1.82) is 0 Å². The Morgan fingerprint density at radius 1 is 1.30 bits per heavy atom. The summed E-state index contributed by atoms with van der Waals surface area (Å²) in [4.78, 5) is 0. The van der Waals surface area contributed by atoms with Gasteiger partial charge >= 0.3 is 72.4 Å². The largest absolute Gasteiger partial charge is 0.107 e. The predicted molar refractivity (Wildman–Crippen MR) is 59.3 cm³/mol. The van der Waals surface area contributed by atoms with Crippen molar-refractivity contribution in [2.45, 2.75) is 44.0 Å². The SMILES string of the molecule is CCCCC(CC)[CH2][Sn].I. The van der Waals surface area contributed by atoms with Crippen molar-refractivity contribution in [1.82, 2.24) is 0 Å². The third-order valence-corrected chi connectivity index (χ3v) is 3.48. The van der Waals surface area contributed by atoms with E-state index in [0.717, 1.165) is 5.92 Å². The molecule has 0 aromatic carbocycles. The summed E-state index contributed by atoms with van der Waals surface area (Å²) in [6.07, 6.45) is 5.67. The van der Waals surface area contributed by atoms with Gasteiger partial charge in [-0.2, -0.15) is 0 Å². The first-order chi connectivity index (χ1) is 4.35. The van der Waals surface area contributed by atoms with Crippen LogP contribution in [0.15, 0.2) is 0 Å². The maximum absolute atomic E-state index is 2.31. The van der Waals surface area contributed by atoms with Crippen LogP contribution in [0.3, 0.4) is 0 Å². The fraction of sp³-hybridized carbons (Fsp3) is 1.00. The summed E-state index contributed by atoms with van der Waals surface area (Å²) in [5.74, 6) is 1.04. The van der Waals surface area contributed by atoms with Gasteiger partial charge in [0.2, 0.25) is 0 Å². The third kappa shape index (κ3) is 7.63. The van der Waals surface area contributed by atoms with Crippen LogP contribution in [0.4, 0.5) is 0 Å². The average Bonchev–Trinajstić information content (AvgIpc) is 1.91. The quantitative estimate of drug-likeness (QED) is 0.521. The van der Waals surface area contributed by atoms with Crippen LogP contribution >= 0.6 is 24.0 Å². The topological polar surface area (TPSA) is 0 Å². The summed E-state index contributed by atoms with van der Waals surface area (Å²) in [6.45, 7) is 4.58. The molecule has 0 nitrogen and oxygen atoms in total. The van der Waals surface area contributed by atoms with Crippen LogP contribution in [0, 0.1) is 5.92 Å². The summed E-state index contributed by atoms with van der Waals surface area (Å²) < 4.78 is 1.46. The van der Waals surface area contributed by atoms with E-state index in [-0.39, 0.29) is 24.0 Å². The molecule has 1 atom stereocenters. The maximum atomic E-state index is 2.31. The minimum Gasteiger partial charge on any atom is -0.107 e. The van der Waals surface area contributed by atoms with Crippen molar-refractivity contribution in [3.63, 3.8) is 0 Å². The number of halogens is 1. The van der Waals surface area contributed by atoms with Gasteiger partial charge < -0.3 is 0 Å². The average molecular weight is 360 g/mol. The van der Waals surface area contributed by atoms with Gasteiger partial charge in [-0.25, -0.2) is 0 Å². The van der Waals surface area contributed by atoms with Crippen molar-refractivity contribution in [3.8, 4) is 0 Å². The molecule has 1 unspecified atom stereocenters. The van der Waals surface area contributed by atoms with Gasteiger partial charge in [0.05, 0.1) is 0 Å². The zero-order chi connectivity index (χ0) is 7.11. The third-order valence-electron chi connectivity index (χ3n) is 1.83. The van der Waals surface area contributed by atoms with Gasteiger partial charge in [0.25, 0.3) is 0 Å². The number of rotatable bonds is 5. The number of hydrogen-bond donors (Lipinski definition) is 0. The number of hydrogen-bond acceptors (Lipinski definition) is 0. The first-order valence-electron chi connectivity index (χ1n) is 3.99. The summed E-state index contributed by atoms with van der Waals surface area (Å²) in [6, 6.07) is 0. The van der Waals surface area contributed by atoms with E-state index in [4.69, 9.17) is 0 Å². The van der Waals surface area contributed by atoms with E-state index < -0.39 is 0 Å². The Balaban J connectivity index is 0. The molecule has 0 saturated heterocycles. The van der Waals surface area contributed by atoms with Crippen LogP contribution in [0.1, 0.15) is 39.5 Å². The van der Waals surface area contributed by atoms with Crippen LogP contribution in [0.2, 0.25) is 4.44 Å². The van der Waals surface area contributed by atoms with Gasteiger partial charge in [0.1, 0.15) is 0 Å². The Bertz CT molecular complexity index is 53.2.